The highest BCUT2D eigenvalue weighted by Gasteiger charge is 2.20. The van der Waals surface area contributed by atoms with Gasteiger partial charge in [-0.1, -0.05) is 18.5 Å². The first-order valence-electron chi connectivity index (χ1n) is 5.09. The van der Waals surface area contributed by atoms with E-state index >= 15 is 0 Å². The maximum absolute atomic E-state index is 5.29. The summed E-state index contributed by atoms with van der Waals surface area (Å²) in [6.45, 7) is 3.26. The third-order valence-corrected chi connectivity index (χ3v) is 2.49. The van der Waals surface area contributed by atoms with Gasteiger partial charge in [0.15, 0.2) is 5.76 Å². The molecule has 0 aromatic carbocycles. The molecule has 3 heteroatoms. The molecule has 0 bridgehead atoms. The summed E-state index contributed by atoms with van der Waals surface area (Å²) in [5, 5.41) is 7.43. The van der Waals surface area contributed by atoms with Crippen LogP contribution in [0, 0.1) is 0 Å². The highest BCUT2D eigenvalue weighted by molar-refractivity contribution is 5.10. The maximum atomic E-state index is 5.29. The fraction of sp³-hybridized carbons (Fsp3) is 0.700. The van der Waals surface area contributed by atoms with E-state index in [1.54, 1.807) is 0 Å². The highest BCUT2D eigenvalue weighted by atomic mass is 16.5. The van der Waals surface area contributed by atoms with Crippen LogP contribution in [0.3, 0.4) is 0 Å². The number of rotatable bonds is 3. The van der Waals surface area contributed by atoms with Crippen LogP contribution in [-0.4, -0.2) is 11.7 Å². The van der Waals surface area contributed by atoms with Crippen molar-refractivity contribution in [2.75, 3.05) is 6.54 Å². The van der Waals surface area contributed by atoms with Crippen LogP contribution in [0.15, 0.2) is 10.6 Å². The second-order valence-electron chi connectivity index (χ2n) is 3.62. The maximum Gasteiger partial charge on any atom is 0.153 e. The number of hydrogen-bond donors (Lipinski definition) is 1. The van der Waals surface area contributed by atoms with E-state index in [4.69, 9.17) is 4.52 Å². The van der Waals surface area contributed by atoms with Gasteiger partial charge in [0.05, 0.1) is 11.7 Å². The van der Waals surface area contributed by atoms with Crippen LogP contribution < -0.4 is 5.32 Å². The van der Waals surface area contributed by atoms with Gasteiger partial charge in [0.2, 0.25) is 0 Å². The van der Waals surface area contributed by atoms with Crippen molar-refractivity contribution in [2.45, 2.75) is 38.6 Å². The Morgan fingerprint density at radius 3 is 3.31 bits per heavy atom. The van der Waals surface area contributed by atoms with Crippen LogP contribution in [0.2, 0.25) is 0 Å². The topological polar surface area (TPSA) is 38.1 Å². The van der Waals surface area contributed by atoms with E-state index in [1.165, 1.54) is 12.8 Å². The van der Waals surface area contributed by atoms with Gasteiger partial charge in [0, 0.05) is 6.07 Å². The Balaban J connectivity index is 2.03. The zero-order valence-electron chi connectivity index (χ0n) is 8.05. The summed E-state index contributed by atoms with van der Waals surface area (Å²) in [5.41, 5.74) is 1.09. The molecule has 1 aromatic rings. The van der Waals surface area contributed by atoms with Gasteiger partial charge in [-0.15, -0.1) is 0 Å². The van der Waals surface area contributed by atoms with Gasteiger partial charge in [-0.05, 0) is 25.8 Å². The number of aryl methyl sites for hydroxylation is 1. The van der Waals surface area contributed by atoms with Crippen LogP contribution in [0.25, 0.3) is 0 Å². The summed E-state index contributed by atoms with van der Waals surface area (Å²) in [6.07, 6.45) is 4.58. The smallest absolute Gasteiger partial charge is 0.153 e. The molecule has 1 aliphatic heterocycles. The Kier molecular flexibility index (Phi) is 2.64. The van der Waals surface area contributed by atoms with Gasteiger partial charge in [0.1, 0.15) is 0 Å². The van der Waals surface area contributed by atoms with E-state index in [2.05, 4.69) is 23.5 Å². The van der Waals surface area contributed by atoms with Gasteiger partial charge in [-0.2, -0.15) is 0 Å². The first-order valence-corrected chi connectivity index (χ1v) is 5.09. The lowest BCUT2D eigenvalue weighted by Gasteiger charge is -2.02. The first kappa shape index (κ1) is 8.75. The van der Waals surface area contributed by atoms with Crippen molar-refractivity contribution >= 4 is 0 Å². The van der Waals surface area contributed by atoms with Gasteiger partial charge >= 0.3 is 0 Å². The second kappa shape index (κ2) is 3.92. The summed E-state index contributed by atoms with van der Waals surface area (Å²) in [4.78, 5) is 0. The van der Waals surface area contributed by atoms with Gasteiger partial charge in [-0.25, -0.2) is 0 Å². The predicted molar refractivity (Wildman–Crippen MR) is 50.5 cm³/mol. The average Bonchev–Trinajstić information content (AvgIpc) is 2.70. The van der Waals surface area contributed by atoms with E-state index in [-0.39, 0.29) is 0 Å². The first-order chi connectivity index (χ1) is 6.40. The molecule has 0 saturated carbocycles. The van der Waals surface area contributed by atoms with E-state index in [0.29, 0.717) is 6.04 Å². The summed E-state index contributed by atoms with van der Waals surface area (Å²) in [6, 6.07) is 2.50. The molecule has 0 unspecified atom stereocenters. The Morgan fingerprint density at radius 1 is 1.69 bits per heavy atom. The molecular weight excluding hydrogens is 164 g/mol. The number of hydrogen-bond acceptors (Lipinski definition) is 3. The minimum absolute atomic E-state index is 0.415. The molecular formula is C10H16N2O. The van der Waals surface area contributed by atoms with Gasteiger partial charge in [0.25, 0.3) is 0 Å². The standard InChI is InChI=1S/C10H16N2O/c1-2-4-8-7-10(13-12-8)9-5-3-6-11-9/h7,9,11H,2-6H2,1H3/t9-/m0/s1. The fourth-order valence-corrected chi connectivity index (χ4v) is 1.79. The number of nitrogens with zero attached hydrogens (tertiary/aromatic N) is 1. The molecule has 1 aliphatic rings. The Labute approximate surface area is 78.5 Å². The van der Waals surface area contributed by atoms with Crippen LogP contribution in [0.1, 0.15) is 43.7 Å². The molecule has 0 amide bonds. The van der Waals surface area contributed by atoms with E-state index in [1.807, 2.05) is 0 Å². The largest absolute Gasteiger partial charge is 0.359 e. The van der Waals surface area contributed by atoms with Crippen LogP contribution >= 0.6 is 0 Å². The lowest BCUT2D eigenvalue weighted by Crippen LogP contribution is -2.11. The normalized spacial score (nSPS) is 22.4. The Bertz CT molecular complexity index is 264. The zero-order chi connectivity index (χ0) is 9.10. The summed E-state index contributed by atoms with van der Waals surface area (Å²) < 4.78 is 5.29. The molecule has 0 spiro atoms. The molecule has 1 N–H and O–H groups in total. The van der Waals surface area contributed by atoms with Crippen molar-refractivity contribution in [3.8, 4) is 0 Å². The average molecular weight is 180 g/mol. The van der Waals surface area contributed by atoms with E-state index in [0.717, 1.165) is 30.8 Å². The van der Waals surface area contributed by atoms with Crippen molar-refractivity contribution in [2.24, 2.45) is 0 Å². The molecule has 72 valence electrons. The van der Waals surface area contributed by atoms with Crippen LogP contribution in [-0.2, 0) is 6.42 Å². The molecule has 2 rings (SSSR count). The van der Waals surface area contributed by atoms with Crippen molar-refractivity contribution < 1.29 is 4.52 Å². The monoisotopic (exact) mass is 180 g/mol. The zero-order valence-corrected chi connectivity index (χ0v) is 8.05. The third kappa shape index (κ3) is 1.91. The summed E-state index contributed by atoms with van der Waals surface area (Å²) >= 11 is 0. The Hall–Kier alpha value is -0.830. The molecule has 2 heterocycles. The lowest BCUT2D eigenvalue weighted by molar-refractivity contribution is 0.347. The van der Waals surface area contributed by atoms with Crippen molar-refractivity contribution in [1.29, 1.82) is 0 Å². The molecule has 1 saturated heterocycles. The second-order valence-corrected chi connectivity index (χ2v) is 3.62. The van der Waals surface area contributed by atoms with Gasteiger partial charge in [-0.3, -0.25) is 0 Å². The minimum Gasteiger partial charge on any atom is -0.359 e. The molecule has 1 fully saturated rings. The predicted octanol–water partition coefficient (Wildman–Crippen LogP) is 2.05. The Morgan fingerprint density at radius 2 is 2.62 bits per heavy atom. The molecule has 1 aromatic heterocycles. The van der Waals surface area contributed by atoms with Crippen molar-refractivity contribution in [3.05, 3.63) is 17.5 Å². The fourth-order valence-electron chi connectivity index (χ4n) is 1.79. The van der Waals surface area contributed by atoms with Crippen LogP contribution in [0.4, 0.5) is 0 Å². The quantitative estimate of drug-likeness (QED) is 0.773. The van der Waals surface area contributed by atoms with Gasteiger partial charge < -0.3 is 9.84 Å². The number of nitrogens with one attached hydrogen (secondary N) is 1. The molecule has 0 radical (unpaired) electrons. The summed E-state index contributed by atoms with van der Waals surface area (Å²) in [7, 11) is 0. The van der Waals surface area contributed by atoms with Crippen LogP contribution in [0.5, 0.6) is 0 Å². The molecule has 1 atom stereocenters. The number of aromatic nitrogens is 1. The summed E-state index contributed by atoms with van der Waals surface area (Å²) in [5.74, 6) is 1.01. The highest BCUT2D eigenvalue weighted by Crippen LogP contribution is 2.23. The molecule has 13 heavy (non-hydrogen) atoms. The third-order valence-electron chi connectivity index (χ3n) is 2.49. The molecule has 0 aliphatic carbocycles. The SMILES string of the molecule is CCCc1cc([C@@H]2CCCN2)on1. The van der Waals surface area contributed by atoms with E-state index < -0.39 is 0 Å². The lowest BCUT2D eigenvalue weighted by atomic mass is 10.1. The molecule has 3 nitrogen and oxygen atoms in total. The van der Waals surface area contributed by atoms with Crippen molar-refractivity contribution in [1.82, 2.24) is 10.5 Å². The minimum atomic E-state index is 0.415. The van der Waals surface area contributed by atoms with E-state index in [9.17, 15) is 0 Å². The van der Waals surface area contributed by atoms with Crippen molar-refractivity contribution in [3.63, 3.8) is 0 Å².